The van der Waals surface area contributed by atoms with E-state index in [4.69, 9.17) is 4.42 Å². The largest absolute Gasteiger partial charge is 0.455 e. The number of hydrogen-bond acceptors (Lipinski definition) is 2. The Morgan fingerprint density at radius 3 is 2.20 bits per heavy atom. The predicted molar refractivity (Wildman–Crippen MR) is 164 cm³/mol. The standard InChI is InChI=1S/C37H33N2O/c1-24-11-16-30-32-20-29(23-38)31(28-14-12-27(13-15-28)26-9-7-6-8-10-26)21-34(32)40-36(30)35(24)33-19-25(17-18-39(33)5)22-37(2,3)4/h6-21H,22H2,1-5H3/q+1. The number of aryl methyl sites for hydroxylation is 2. The molecule has 4 aromatic carbocycles. The predicted octanol–water partition coefficient (Wildman–Crippen LogP) is 9.18. The lowest BCUT2D eigenvalue weighted by Crippen LogP contribution is -2.31. The molecule has 0 amide bonds. The molecule has 0 unspecified atom stereocenters. The minimum atomic E-state index is 0.195. The highest BCUT2D eigenvalue weighted by molar-refractivity contribution is 6.11. The molecule has 0 N–H and O–H groups in total. The van der Waals surface area contributed by atoms with E-state index >= 15 is 0 Å². The van der Waals surface area contributed by atoms with Crippen LogP contribution in [0.5, 0.6) is 0 Å². The molecular weight excluding hydrogens is 488 g/mol. The fraction of sp³-hybridized carbons (Fsp3) is 0.189. The summed E-state index contributed by atoms with van der Waals surface area (Å²) in [5.41, 5.74) is 11.4. The van der Waals surface area contributed by atoms with Gasteiger partial charge in [-0.3, -0.25) is 0 Å². The number of benzene rings is 4. The topological polar surface area (TPSA) is 40.8 Å². The molecule has 6 rings (SSSR count). The molecule has 0 fully saturated rings. The molecule has 2 heterocycles. The average molecular weight is 522 g/mol. The van der Waals surface area contributed by atoms with Crippen LogP contribution in [0.3, 0.4) is 0 Å². The second kappa shape index (κ2) is 9.81. The Morgan fingerprint density at radius 2 is 1.50 bits per heavy atom. The number of rotatable bonds is 4. The van der Waals surface area contributed by atoms with Crippen LogP contribution in [0.25, 0.3) is 55.4 Å². The summed E-state index contributed by atoms with van der Waals surface area (Å²) in [7, 11) is 2.09. The van der Waals surface area contributed by atoms with Crippen molar-refractivity contribution in [3.8, 4) is 39.6 Å². The minimum Gasteiger partial charge on any atom is -0.455 e. The van der Waals surface area contributed by atoms with Gasteiger partial charge >= 0.3 is 0 Å². The molecule has 3 heteroatoms. The van der Waals surface area contributed by atoms with Gasteiger partial charge in [0.25, 0.3) is 0 Å². The van der Waals surface area contributed by atoms with Crippen LogP contribution in [0.4, 0.5) is 0 Å². The third-order valence-electron chi connectivity index (χ3n) is 7.62. The van der Waals surface area contributed by atoms with Crippen LogP contribution in [0, 0.1) is 23.7 Å². The zero-order valence-electron chi connectivity index (χ0n) is 23.7. The zero-order chi connectivity index (χ0) is 28.0. The maximum atomic E-state index is 10.1. The summed E-state index contributed by atoms with van der Waals surface area (Å²) in [4.78, 5) is 0. The Kier molecular flexibility index (Phi) is 6.28. The number of aromatic nitrogens is 1. The SMILES string of the molecule is Cc1ccc2c(oc3cc(-c4ccc(-c5ccccc5)cc4)c(C#N)cc32)c1-c1cc(CC(C)(C)C)cc[n+]1C. The Labute approximate surface area is 236 Å². The van der Waals surface area contributed by atoms with Gasteiger partial charge < -0.3 is 4.42 Å². The number of pyridine rings is 1. The molecule has 40 heavy (non-hydrogen) atoms. The average Bonchev–Trinajstić information content (AvgIpc) is 3.30. The van der Waals surface area contributed by atoms with Crippen LogP contribution < -0.4 is 4.57 Å². The van der Waals surface area contributed by atoms with Gasteiger partial charge in [0.1, 0.15) is 18.2 Å². The molecule has 3 nitrogen and oxygen atoms in total. The van der Waals surface area contributed by atoms with Crippen LogP contribution in [0.15, 0.2) is 102 Å². The summed E-state index contributed by atoms with van der Waals surface area (Å²) in [5, 5.41) is 12.1. The molecule has 0 aliphatic rings. The first-order valence-electron chi connectivity index (χ1n) is 13.8. The summed E-state index contributed by atoms with van der Waals surface area (Å²) in [6.45, 7) is 8.94. The molecule has 6 aromatic rings. The smallest absolute Gasteiger partial charge is 0.216 e. The number of fused-ring (bicyclic) bond motifs is 3. The highest BCUT2D eigenvalue weighted by Crippen LogP contribution is 2.40. The third-order valence-corrected chi connectivity index (χ3v) is 7.62. The van der Waals surface area contributed by atoms with E-state index in [1.54, 1.807) is 0 Å². The summed E-state index contributed by atoms with van der Waals surface area (Å²) in [6.07, 6.45) is 3.14. The number of hydrogen-bond donors (Lipinski definition) is 0. The Hall–Kier alpha value is -4.68. The molecule has 0 aliphatic carbocycles. The van der Waals surface area contributed by atoms with E-state index in [2.05, 4.69) is 112 Å². The van der Waals surface area contributed by atoms with Crippen LogP contribution in [0.1, 0.15) is 37.5 Å². The van der Waals surface area contributed by atoms with Crippen molar-refractivity contribution in [3.05, 3.63) is 114 Å². The lowest BCUT2D eigenvalue weighted by Gasteiger charge is -2.18. The molecule has 196 valence electrons. The second-order valence-corrected chi connectivity index (χ2v) is 12.0. The van der Waals surface area contributed by atoms with Gasteiger partial charge in [-0.15, -0.1) is 0 Å². The van der Waals surface area contributed by atoms with Crippen molar-refractivity contribution in [1.29, 1.82) is 5.26 Å². The van der Waals surface area contributed by atoms with Gasteiger partial charge in [-0.2, -0.15) is 5.26 Å². The van der Waals surface area contributed by atoms with Crippen molar-refractivity contribution in [2.24, 2.45) is 12.5 Å². The number of nitrogens with zero attached hydrogens (tertiary/aromatic N) is 2. The molecule has 0 radical (unpaired) electrons. The van der Waals surface area contributed by atoms with E-state index in [-0.39, 0.29) is 5.41 Å². The van der Waals surface area contributed by atoms with Crippen molar-refractivity contribution in [3.63, 3.8) is 0 Å². The fourth-order valence-electron chi connectivity index (χ4n) is 5.69. The molecular formula is C37H33N2O+. The van der Waals surface area contributed by atoms with Crippen molar-refractivity contribution in [2.75, 3.05) is 0 Å². The van der Waals surface area contributed by atoms with Crippen molar-refractivity contribution in [2.45, 2.75) is 34.1 Å². The Morgan fingerprint density at radius 1 is 0.800 bits per heavy atom. The van der Waals surface area contributed by atoms with Crippen LogP contribution in [-0.2, 0) is 13.5 Å². The molecule has 0 spiro atoms. The summed E-state index contributed by atoms with van der Waals surface area (Å²) >= 11 is 0. The fourth-order valence-corrected chi connectivity index (χ4v) is 5.69. The van der Waals surface area contributed by atoms with E-state index in [1.165, 1.54) is 11.1 Å². The number of nitriles is 1. The van der Waals surface area contributed by atoms with Gasteiger partial charge in [-0.05, 0) is 58.7 Å². The van der Waals surface area contributed by atoms with Gasteiger partial charge in [-0.1, -0.05) is 87.5 Å². The minimum absolute atomic E-state index is 0.195. The third kappa shape index (κ3) is 4.67. The van der Waals surface area contributed by atoms with E-state index in [1.807, 2.05) is 30.3 Å². The summed E-state index contributed by atoms with van der Waals surface area (Å²) < 4.78 is 8.81. The maximum Gasteiger partial charge on any atom is 0.216 e. The van der Waals surface area contributed by atoms with E-state index in [0.717, 1.165) is 61.9 Å². The molecule has 0 aliphatic heterocycles. The van der Waals surface area contributed by atoms with Crippen LogP contribution in [0.2, 0.25) is 0 Å². The maximum absolute atomic E-state index is 10.1. The second-order valence-electron chi connectivity index (χ2n) is 12.0. The molecule has 0 saturated carbocycles. The monoisotopic (exact) mass is 521 g/mol. The van der Waals surface area contributed by atoms with Crippen LogP contribution in [-0.4, -0.2) is 0 Å². The lowest BCUT2D eigenvalue weighted by atomic mass is 9.87. The van der Waals surface area contributed by atoms with Crippen molar-refractivity contribution in [1.82, 2.24) is 0 Å². The number of furan rings is 1. The zero-order valence-corrected chi connectivity index (χ0v) is 23.7. The Balaban J connectivity index is 1.51. The Bertz CT molecular complexity index is 1910. The van der Waals surface area contributed by atoms with E-state index in [0.29, 0.717) is 5.56 Å². The first kappa shape index (κ1) is 25.6. The van der Waals surface area contributed by atoms with E-state index in [9.17, 15) is 5.26 Å². The van der Waals surface area contributed by atoms with Gasteiger partial charge in [-0.25, -0.2) is 4.57 Å². The summed E-state index contributed by atoms with van der Waals surface area (Å²) in [6, 6.07) is 33.9. The van der Waals surface area contributed by atoms with Gasteiger partial charge in [0, 0.05) is 28.5 Å². The van der Waals surface area contributed by atoms with E-state index < -0.39 is 0 Å². The molecule has 0 saturated heterocycles. The highest BCUT2D eigenvalue weighted by Gasteiger charge is 2.23. The first-order valence-corrected chi connectivity index (χ1v) is 13.8. The van der Waals surface area contributed by atoms with Gasteiger partial charge in [0.2, 0.25) is 5.69 Å². The molecule has 0 atom stereocenters. The normalized spacial score (nSPS) is 11.7. The van der Waals surface area contributed by atoms with Crippen LogP contribution >= 0.6 is 0 Å². The molecule has 0 bridgehead atoms. The van der Waals surface area contributed by atoms with Gasteiger partial charge in [0.15, 0.2) is 6.20 Å². The van der Waals surface area contributed by atoms with Gasteiger partial charge in [0.05, 0.1) is 17.2 Å². The van der Waals surface area contributed by atoms with Crippen molar-refractivity contribution >= 4 is 21.9 Å². The highest BCUT2D eigenvalue weighted by atomic mass is 16.3. The first-order chi connectivity index (χ1) is 19.2. The quantitative estimate of drug-likeness (QED) is 0.217. The molecule has 2 aromatic heterocycles. The lowest BCUT2D eigenvalue weighted by molar-refractivity contribution is -0.660. The summed E-state index contributed by atoms with van der Waals surface area (Å²) in [5.74, 6) is 0. The van der Waals surface area contributed by atoms with Crippen molar-refractivity contribution < 1.29 is 8.98 Å².